The monoisotopic (exact) mass is 243 g/mol. The molecule has 0 saturated heterocycles. The fourth-order valence-electron chi connectivity index (χ4n) is 1.92. The molecule has 1 aromatic carbocycles. The number of nitrogens with zero attached hydrogens (tertiary/aromatic N) is 1. The van der Waals surface area contributed by atoms with E-state index >= 15 is 0 Å². The van der Waals surface area contributed by atoms with E-state index in [4.69, 9.17) is 5.73 Å². The molecule has 3 nitrogen and oxygen atoms in total. The Labute approximate surface area is 103 Å². The normalized spacial score (nSPS) is 11.2. The number of hydrogen-bond donors (Lipinski definition) is 2. The fraction of sp³-hybridized carbons (Fsp3) is 0.154. The molecule has 86 valence electrons. The van der Waals surface area contributed by atoms with E-state index in [9.17, 15) is 0 Å². The quantitative estimate of drug-likeness (QED) is 0.687. The maximum Gasteiger partial charge on any atom is 0.125 e. The predicted octanol–water partition coefficient (Wildman–Crippen LogP) is 3.49. The summed E-state index contributed by atoms with van der Waals surface area (Å²) in [6, 6.07) is 6.33. The lowest BCUT2D eigenvalue weighted by Gasteiger charge is -1.97. The topological polar surface area (TPSA) is 54.7 Å². The molecule has 0 aliphatic rings. The minimum absolute atomic E-state index is 0.797. The van der Waals surface area contributed by atoms with Gasteiger partial charge >= 0.3 is 0 Å². The molecule has 17 heavy (non-hydrogen) atoms. The molecule has 4 heteroatoms. The third-order valence-electron chi connectivity index (χ3n) is 2.97. The number of anilines is 1. The zero-order chi connectivity index (χ0) is 12.0. The second-order valence-corrected chi connectivity index (χ2v) is 5.23. The first kappa shape index (κ1) is 10.4. The highest BCUT2D eigenvalue weighted by Crippen LogP contribution is 2.31. The molecule has 0 bridgehead atoms. The number of nitrogen functional groups attached to an aromatic ring is 1. The molecule has 3 aromatic rings. The van der Waals surface area contributed by atoms with E-state index < -0.39 is 0 Å². The summed E-state index contributed by atoms with van der Waals surface area (Å²) in [5.74, 6) is 0. The van der Waals surface area contributed by atoms with Crippen LogP contribution in [-0.4, -0.2) is 9.97 Å². The van der Waals surface area contributed by atoms with Crippen LogP contribution in [-0.2, 0) is 0 Å². The average Bonchev–Trinajstić information content (AvgIpc) is 2.84. The molecule has 3 rings (SSSR count). The van der Waals surface area contributed by atoms with Gasteiger partial charge in [0, 0.05) is 22.7 Å². The van der Waals surface area contributed by atoms with Crippen molar-refractivity contribution in [2.24, 2.45) is 0 Å². The van der Waals surface area contributed by atoms with Crippen molar-refractivity contribution < 1.29 is 0 Å². The van der Waals surface area contributed by atoms with Gasteiger partial charge in [0.15, 0.2) is 0 Å². The lowest BCUT2D eigenvalue weighted by Crippen LogP contribution is -1.81. The van der Waals surface area contributed by atoms with Gasteiger partial charge in [0.2, 0.25) is 0 Å². The lowest BCUT2D eigenvalue weighted by molar-refractivity contribution is 1.27. The van der Waals surface area contributed by atoms with Crippen LogP contribution in [0.3, 0.4) is 0 Å². The lowest BCUT2D eigenvalue weighted by atomic mass is 10.1. The molecule has 0 aliphatic carbocycles. The van der Waals surface area contributed by atoms with Crippen LogP contribution in [0.1, 0.15) is 11.3 Å². The van der Waals surface area contributed by atoms with Crippen molar-refractivity contribution in [2.75, 3.05) is 5.73 Å². The number of hydrogen-bond acceptors (Lipinski definition) is 3. The van der Waals surface area contributed by atoms with Crippen molar-refractivity contribution in [3.63, 3.8) is 0 Å². The Morgan fingerprint density at radius 1 is 1.29 bits per heavy atom. The van der Waals surface area contributed by atoms with Gasteiger partial charge in [0.05, 0.1) is 5.69 Å². The average molecular weight is 243 g/mol. The van der Waals surface area contributed by atoms with E-state index in [0.717, 1.165) is 26.8 Å². The number of fused-ring (bicyclic) bond motifs is 1. The minimum Gasteiger partial charge on any atom is -0.389 e. The standard InChI is InChI=1S/C13H13N3S/c1-7-6-15-11-4-3-9(5-10(7)11)13-16-8(2)12(14)17-13/h3-6,15H,14H2,1-2H3. The van der Waals surface area contributed by atoms with E-state index in [1.165, 1.54) is 10.9 Å². The summed E-state index contributed by atoms with van der Waals surface area (Å²) in [5.41, 5.74) is 10.3. The van der Waals surface area contributed by atoms with Crippen molar-refractivity contribution in [2.45, 2.75) is 13.8 Å². The molecular formula is C13H13N3S. The van der Waals surface area contributed by atoms with Gasteiger partial charge in [-0.05, 0) is 37.6 Å². The number of nitrogens with two attached hydrogens (primary N) is 1. The highest BCUT2D eigenvalue weighted by molar-refractivity contribution is 7.18. The van der Waals surface area contributed by atoms with Crippen LogP contribution in [0.5, 0.6) is 0 Å². The fourth-order valence-corrected chi connectivity index (χ4v) is 2.75. The van der Waals surface area contributed by atoms with Gasteiger partial charge in [0.1, 0.15) is 10.0 Å². The number of rotatable bonds is 1. The highest BCUT2D eigenvalue weighted by Gasteiger charge is 2.08. The largest absolute Gasteiger partial charge is 0.389 e. The maximum atomic E-state index is 5.85. The first-order chi connectivity index (χ1) is 8.15. The van der Waals surface area contributed by atoms with E-state index in [0.29, 0.717) is 0 Å². The zero-order valence-corrected chi connectivity index (χ0v) is 10.6. The zero-order valence-electron chi connectivity index (χ0n) is 9.74. The molecular weight excluding hydrogens is 230 g/mol. The summed E-state index contributed by atoms with van der Waals surface area (Å²) >= 11 is 1.54. The molecule has 0 amide bonds. The summed E-state index contributed by atoms with van der Waals surface area (Å²) in [7, 11) is 0. The van der Waals surface area contributed by atoms with Crippen molar-refractivity contribution in [1.82, 2.24) is 9.97 Å². The minimum atomic E-state index is 0.797. The van der Waals surface area contributed by atoms with Gasteiger partial charge in [0.25, 0.3) is 0 Å². The molecule has 0 aliphatic heterocycles. The van der Waals surface area contributed by atoms with Crippen LogP contribution >= 0.6 is 11.3 Å². The third-order valence-corrected chi connectivity index (χ3v) is 4.00. The molecule has 0 spiro atoms. The van der Waals surface area contributed by atoms with Crippen molar-refractivity contribution in [1.29, 1.82) is 0 Å². The van der Waals surface area contributed by atoms with Gasteiger partial charge in [-0.15, -0.1) is 0 Å². The van der Waals surface area contributed by atoms with Gasteiger partial charge in [-0.1, -0.05) is 11.3 Å². The number of benzene rings is 1. The first-order valence-electron chi connectivity index (χ1n) is 5.46. The number of aromatic amines is 1. The molecule has 0 fully saturated rings. The molecule has 0 atom stereocenters. The number of nitrogens with one attached hydrogen (secondary N) is 1. The predicted molar refractivity (Wildman–Crippen MR) is 73.3 cm³/mol. The van der Waals surface area contributed by atoms with Gasteiger partial charge in [-0.2, -0.15) is 0 Å². The summed E-state index contributed by atoms with van der Waals surface area (Å²) in [6.45, 7) is 4.04. The second-order valence-electron chi connectivity index (χ2n) is 4.20. The Hall–Kier alpha value is -1.81. The summed E-state index contributed by atoms with van der Waals surface area (Å²) in [5, 5.41) is 3.03. The van der Waals surface area contributed by atoms with Crippen LogP contribution in [0.15, 0.2) is 24.4 Å². The van der Waals surface area contributed by atoms with Crippen LogP contribution in [0, 0.1) is 13.8 Å². The van der Waals surface area contributed by atoms with Gasteiger partial charge in [-0.3, -0.25) is 0 Å². The van der Waals surface area contributed by atoms with E-state index in [1.54, 1.807) is 11.3 Å². The SMILES string of the molecule is Cc1nc(-c2ccc3[nH]cc(C)c3c2)sc1N. The summed E-state index contributed by atoms with van der Waals surface area (Å²) in [4.78, 5) is 7.73. The van der Waals surface area contributed by atoms with Gasteiger partial charge in [-0.25, -0.2) is 4.98 Å². The Bertz CT molecular complexity index is 674. The summed E-state index contributed by atoms with van der Waals surface area (Å²) < 4.78 is 0. The van der Waals surface area contributed by atoms with Crippen LogP contribution in [0.4, 0.5) is 5.00 Å². The third kappa shape index (κ3) is 1.61. The van der Waals surface area contributed by atoms with Crippen LogP contribution in [0.25, 0.3) is 21.5 Å². The first-order valence-corrected chi connectivity index (χ1v) is 6.28. The number of thiazole rings is 1. The van der Waals surface area contributed by atoms with Gasteiger partial charge < -0.3 is 10.7 Å². The Morgan fingerprint density at radius 2 is 2.12 bits per heavy atom. The maximum absolute atomic E-state index is 5.85. The molecule has 0 saturated carbocycles. The molecule has 2 heterocycles. The smallest absolute Gasteiger partial charge is 0.125 e. The highest BCUT2D eigenvalue weighted by atomic mass is 32.1. The Morgan fingerprint density at radius 3 is 2.82 bits per heavy atom. The second kappa shape index (κ2) is 3.60. The number of aromatic nitrogens is 2. The Kier molecular flexibility index (Phi) is 2.19. The molecule has 0 unspecified atom stereocenters. The van der Waals surface area contributed by atoms with Crippen LogP contribution < -0.4 is 5.73 Å². The van der Waals surface area contributed by atoms with E-state index in [1.807, 2.05) is 13.1 Å². The molecule has 2 aromatic heterocycles. The van der Waals surface area contributed by atoms with E-state index in [2.05, 4.69) is 35.1 Å². The Balaban J connectivity index is 2.20. The van der Waals surface area contributed by atoms with Crippen LogP contribution in [0.2, 0.25) is 0 Å². The summed E-state index contributed by atoms with van der Waals surface area (Å²) in [6.07, 6.45) is 2.02. The number of aryl methyl sites for hydroxylation is 2. The van der Waals surface area contributed by atoms with Crippen molar-refractivity contribution >= 4 is 27.2 Å². The molecule has 0 radical (unpaired) electrons. The van der Waals surface area contributed by atoms with E-state index in [-0.39, 0.29) is 0 Å². The van der Waals surface area contributed by atoms with Crippen molar-refractivity contribution in [3.8, 4) is 10.6 Å². The number of H-pyrrole nitrogens is 1. The molecule has 3 N–H and O–H groups in total. The van der Waals surface area contributed by atoms with Crippen molar-refractivity contribution in [3.05, 3.63) is 35.7 Å².